The van der Waals surface area contributed by atoms with E-state index >= 15 is 0 Å². The van der Waals surface area contributed by atoms with Gasteiger partial charge in [-0.05, 0) is 67.9 Å². The van der Waals surface area contributed by atoms with Crippen molar-refractivity contribution in [3.8, 4) is 0 Å². The smallest absolute Gasteiger partial charge is 0.260 e. The molecule has 2 aromatic rings. The largest absolute Gasteiger partial charge is 0.381 e. The van der Waals surface area contributed by atoms with Crippen LogP contribution in [0.1, 0.15) is 59.8 Å². The summed E-state index contributed by atoms with van der Waals surface area (Å²) < 4.78 is 5.62. The van der Waals surface area contributed by atoms with Crippen molar-refractivity contribution in [3.63, 3.8) is 0 Å². The Morgan fingerprint density at radius 1 is 1.22 bits per heavy atom. The number of nitrogens with zero attached hydrogens (tertiary/aromatic N) is 3. The lowest BCUT2D eigenvalue weighted by molar-refractivity contribution is -0.137. The lowest BCUT2D eigenvalue weighted by atomic mass is 9.61. The van der Waals surface area contributed by atoms with Gasteiger partial charge in [0, 0.05) is 32.2 Å². The number of rotatable bonds is 4. The molecule has 0 bridgehead atoms. The molecule has 1 aromatic carbocycles. The molecule has 1 aromatic heterocycles. The number of amides is 1. The van der Waals surface area contributed by atoms with E-state index < -0.39 is 5.54 Å². The van der Waals surface area contributed by atoms with E-state index in [1.165, 1.54) is 5.56 Å². The van der Waals surface area contributed by atoms with Crippen LogP contribution in [0.25, 0.3) is 0 Å². The Labute approximate surface area is 188 Å². The molecule has 1 aliphatic heterocycles. The minimum atomic E-state index is -0.899. The summed E-state index contributed by atoms with van der Waals surface area (Å²) in [6.07, 6.45) is 6.64. The van der Waals surface area contributed by atoms with Gasteiger partial charge < -0.3 is 9.64 Å². The van der Waals surface area contributed by atoms with Gasteiger partial charge in [-0.1, -0.05) is 24.3 Å². The highest BCUT2D eigenvalue weighted by molar-refractivity contribution is 6.08. The Morgan fingerprint density at radius 3 is 2.62 bits per heavy atom. The fourth-order valence-electron chi connectivity index (χ4n) is 6.00. The van der Waals surface area contributed by atoms with Crippen LogP contribution in [0, 0.1) is 5.41 Å². The van der Waals surface area contributed by atoms with Crippen molar-refractivity contribution >= 4 is 17.5 Å². The van der Waals surface area contributed by atoms with Crippen molar-refractivity contribution in [1.82, 2.24) is 9.88 Å². The minimum absolute atomic E-state index is 0.0255. The minimum Gasteiger partial charge on any atom is -0.381 e. The van der Waals surface area contributed by atoms with E-state index in [0.29, 0.717) is 5.69 Å². The predicted molar refractivity (Wildman–Crippen MR) is 122 cm³/mol. The van der Waals surface area contributed by atoms with Crippen LogP contribution < -0.4 is 0 Å². The Bertz CT molecular complexity index is 1100. The third-order valence-electron chi connectivity index (χ3n) is 7.83. The van der Waals surface area contributed by atoms with Gasteiger partial charge >= 0.3 is 0 Å². The molecular weight excluding hydrogens is 402 g/mol. The number of hydrogen-bond donors (Lipinski definition) is 0. The summed E-state index contributed by atoms with van der Waals surface area (Å²) in [5, 5.41) is 0. The maximum atomic E-state index is 13.8. The van der Waals surface area contributed by atoms with Crippen molar-refractivity contribution in [3.05, 3.63) is 65.0 Å². The van der Waals surface area contributed by atoms with Crippen molar-refractivity contribution in [2.45, 2.75) is 57.1 Å². The van der Waals surface area contributed by atoms with Gasteiger partial charge in [-0.2, -0.15) is 0 Å². The highest BCUT2D eigenvalue weighted by Crippen LogP contribution is 2.62. The number of ketones is 1. The molecule has 2 spiro atoms. The maximum Gasteiger partial charge on any atom is 0.260 e. The number of likely N-dealkylation sites (N-methyl/N-ethyl adjacent to an activating group) is 1. The highest BCUT2D eigenvalue weighted by Gasteiger charge is 2.65. The number of benzene rings is 1. The molecule has 1 unspecified atom stereocenters. The van der Waals surface area contributed by atoms with Gasteiger partial charge in [0.05, 0.1) is 6.10 Å². The third-order valence-corrected chi connectivity index (χ3v) is 7.83. The van der Waals surface area contributed by atoms with E-state index in [-0.39, 0.29) is 29.6 Å². The second kappa shape index (κ2) is 7.62. The van der Waals surface area contributed by atoms with Crippen LogP contribution in [-0.2, 0) is 27.9 Å². The molecule has 32 heavy (non-hydrogen) atoms. The number of aromatic nitrogens is 1. The quantitative estimate of drug-likeness (QED) is 0.692. The Balaban J connectivity index is 1.56. The van der Waals surface area contributed by atoms with Crippen LogP contribution >= 0.6 is 0 Å². The summed E-state index contributed by atoms with van der Waals surface area (Å²) in [5.74, 6) is 0.784. The number of methoxy groups -OCH3 is 1. The Morgan fingerprint density at radius 2 is 2.00 bits per heavy atom. The number of pyridine rings is 1. The standard InChI is InChI=1S/C26H29N3O3/c1-17-28-26(24(31)29(17)2)21-14-18(15-23(30)22-6-4-5-13-27-22)7-8-19(21)16-25(26)11-9-20(32-3)10-12-25/h4-8,13-14,20H,9-12,15-16H2,1-3H3. The first-order chi connectivity index (χ1) is 15.4. The Hall–Kier alpha value is -2.86. The summed E-state index contributed by atoms with van der Waals surface area (Å²) in [5.41, 5.74) is 2.38. The van der Waals surface area contributed by atoms with Crippen LogP contribution in [0.5, 0.6) is 0 Å². The number of hydrogen-bond acceptors (Lipinski definition) is 5. The predicted octanol–water partition coefficient (Wildman–Crippen LogP) is 3.72. The molecule has 0 saturated heterocycles. The topological polar surface area (TPSA) is 71.9 Å². The summed E-state index contributed by atoms with van der Waals surface area (Å²) in [4.78, 5) is 37.5. The number of aliphatic imine (C=N–C) groups is 1. The zero-order chi connectivity index (χ0) is 22.5. The highest BCUT2D eigenvalue weighted by atomic mass is 16.5. The molecule has 5 rings (SSSR count). The zero-order valence-corrected chi connectivity index (χ0v) is 18.9. The first kappa shape index (κ1) is 21.0. The van der Waals surface area contributed by atoms with Gasteiger partial charge in [-0.3, -0.25) is 19.6 Å². The molecule has 1 saturated carbocycles. The lowest BCUT2D eigenvalue weighted by Crippen LogP contribution is -2.51. The summed E-state index contributed by atoms with van der Waals surface area (Å²) >= 11 is 0. The monoisotopic (exact) mass is 431 g/mol. The number of carbonyl (C=O) groups is 2. The second-order valence-corrected chi connectivity index (χ2v) is 9.43. The van der Waals surface area contributed by atoms with E-state index in [1.807, 2.05) is 26.1 Å². The van der Waals surface area contributed by atoms with Gasteiger partial charge in [-0.15, -0.1) is 0 Å². The van der Waals surface area contributed by atoms with E-state index in [2.05, 4.69) is 17.1 Å². The average molecular weight is 432 g/mol. The fourth-order valence-corrected chi connectivity index (χ4v) is 6.00. The molecule has 0 radical (unpaired) electrons. The number of ether oxygens (including phenoxy) is 1. The molecule has 2 aliphatic carbocycles. The van der Waals surface area contributed by atoms with Crippen molar-refractivity contribution in [2.24, 2.45) is 10.4 Å². The van der Waals surface area contributed by atoms with Crippen LogP contribution in [-0.4, -0.2) is 47.7 Å². The summed E-state index contributed by atoms with van der Waals surface area (Å²) in [6, 6.07) is 11.5. The lowest BCUT2D eigenvalue weighted by Gasteiger charge is -2.45. The SMILES string of the molecule is COC1CCC2(CC1)Cc1ccc(CC(=O)c3ccccn3)cc1C21N=C(C)N(C)C1=O. The van der Waals surface area contributed by atoms with Crippen molar-refractivity contribution in [2.75, 3.05) is 14.2 Å². The number of carbonyl (C=O) groups excluding carboxylic acids is 2. The molecule has 3 aliphatic rings. The van der Waals surface area contributed by atoms with Gasteiger partial charge in [-0.25, -0.2) is 0 Å². The summed E-state index contributed by atoms with van der Waals surface area (Å²) in [7, 11) is 3.58. The molecular formula is C26H29N3O3. The molecule has 6 nitrogen and oxygen atoms in total. The summed E-state index contributed by atoms with van der Waals surface area (Å²) in [6.45, 7) is 1.91. The fraction of sp³-hybridized carbons (Fsp3) is 0.462. The van der Waals surface area contributed by atoms with Gasteiger partial charge in [0.1, 0.15) is 11.5 Å². The van der Waals surface area contributed by atoms with E-state index in [0.717, 1.165) is 49.1 Å². The van der Waals surface area contributed by atoms with Crippen LogP contribution in [0.2, 0.25) is 0 Å². The molecule has 1 atom stereocenters. The van der Waals surface area contributed by atoms with E-state index in [9.17, 15) is 9.59 Å². The first-order valence-corrected chi connectivity index (χ1v) is 11.3. The van der Waals surface area contributed by atoms with Crippen molar-refractivity contribution < 1.29 is 14.3 Å². The average Bonchev–Trinajstić information content (AvgIpc) is 3.21. The third kappa shape index (κ3) is 2.96. The molecule has 0 N–H and O–H groups in total. The van der Waals surface area contributed by atoms with Crippen LogP contribution in [0.15, 0.2) is 47.6 Å². The van der Waals surface area contributed by atoms with Crippen LogP contribution in [0.3, 0.4) is 0 Å². The van der Waals surface area contributed by atoms with Gasteiger partial charge in [0.15, 0.2) is 11.3 Å². The molecule has 166 valence electrons. The number of Topliss-reactive ketones (excluding diaryl/α,β-unsaturated/α-hetero) is 1. The molecule has 6 heteroatoms. The van der Waals surface area contributed by atoms with Gasteiger partial charge in [0.2, 0.25) is 0 Å². The molecule has 1 amide bonds. The Kier molecular flexibility index (Phi) is 5.01. The van der Waals surface area contributed by atoms with E-state index in [1.54, 1.807) is 30.3 Å². The maximum absolute atomic E-state index is 13.8. The normalized spacial score (nSPS) is 29.0. The number of fused-ring (bicyclic) bond motifs is 3. The molecule has 2 heterocycles. The second-order valence-electron chi connectivity index (χ2n) is 9.43. The molecule has 1 fully saturated rings. The van der Waals surface area contributed by atoms with Gasteiger partial charge in [0.25, 0.3) is 5.91 Å². The van der Waals surface area contributed by atoms with E-state index in [4.69, 9.17) is 9.73 Å². The first-order valence-electron chi connectivity index (χ1n) is 11.3. The number of amidine groups is 1. The van der Waals surface area contributed by atoms with Crippen LogP contribution in [0.4, 0.5) is 0 Å². The zero-order valence-electron chi connectivity index (χ0n) is 18.9. The van der Waals surface area contributed by atoms with Crippen molar-refractivity contribution in [1.29, 1.82) is 0 Å².